The Morgan fingerprint density at radius 1 is 1.19 bits per heavy atom. The van der Waals surface area contributed by atoms with Gasteiger partial charge in [0.05, 0.1) is 4.92 Å². The molecule has 1 N–H and O–H groups in total. The SMILES string of the molecule is Cc1ccc(-c2nnc(SCCC(=O)Nc3ccccc3[N+](=O)[O-])o2)cc1. The molecular formula is C18H16N4O4S. The van der Waals surface area contributed by atoms with Crippen LogP contribution in [-0.2, 0) is 4.79 Å². The van der Waals surface area contributed by atoms with Gasteiger partial charge in [-0.1, -0.05) is 41.6 Å². The number of nitro groups is 1. The van der Waals surface area contributed by atoms with Crippen molar-refractivity contribution in [3.8, 4) is 11.5 Å². The van der Waals surface area contributed by atoms with Crippen molar-refractivity contribution in [3.63, 3.8) is 0 Å². The molecule has 0 aliphatic heterocycles. The van der Waals surface area contributed by atoms with Gasteiger partial charge in [-0.25, -0.2) is 0 Å². The summed E-state index contributed by atoms with van der Waals surface area (Å²) >= 11 is 1.25. The first kappa shape index (κ1) is 18.6. The predicted molar refractivity (Wildman–Crippen MR) is 102 cm³/mol. The van der Waals surface area contributed by atoms with Gasteiger partial charge < -0.3 is 9.73 Å². The minimum Gasteiger partial charge on any atom is -0.411 e. The summed E-state index contributed by atoms with van der Waals surface area (Å²) in [5.74, 6) is 0.499. The van der Waals surface area contributed by atoms with Crippen molar-refractivity contribution >= 4 is 29.0 Å². The molecular weight excluding hydrogens is 368 g/mol. The average molecular weight is 384 g/mol. The maximum absolute atomic E-state index is 12.0. The van der Waals surface area contributed by atoms with Gasteiger partial charge in [-0.2, -0.15) is 0 Å². The van der Waals surface area contributed by atoms with Gasteiger partial charge in [-0.3, -0.25) is 14.9 Å². The summed E-state index contributed by atoms with van der Waals surface area (Å²) in [5, 5.41) is 21.8. The van der Waals surface area contributed by atoms with Crippen LogP contribution in [0.4, 0.5) is 11.4 Å². The van der Waals surface area contributed by atoms with E-state index in [1.807, 2.05) is 31.2 Å². The smallest absolute Gasteiger partial charge is 0.292 e. The molecule has 2 aromatic carbocycles. The molecule has 3 rings (SSSR count). The molecule has 1 aromatic heterocycles. The monoisotopic (exact) mass is 384 g/mol. The Hall–Kier alpha value is -3.20. The van der Waals surface area contributed by atoms with E-state index in [0.717, 1.165) is 11.1 Å². The molecule has 0 saturated heterocycles. The lowest BCUT2D eigenvalue weighted by molar-refractivity contribution is -0.383. The highest BCUT2D eigenvalue weighted by molar-refractivity contribution is 7.99. The topological polar surface area (TPSA) is 111 Å². The molecule has 0 atom stereocenters. The molecule has 0 radical (unpaired) electrons. The summed E-state index contributed by atoms with van der Waals surface area (Å²) in [7, 11) is 0. The van der Waals surface area contributed by atoms with E-state index < -0.39 is 4.92 Å². The third-order valence-corrected chi connectivity index (χ3v) is 4.45. The average Bonchev–Trinajstić information content (AvgIpc) is 3.11. The van der Waals surface area contributed by atoms with Crippen molar-refractivity contribution in [1.29, 1.82) is 0 Å². The van der Waals surface area contributed by atoms with Crippen LogP contribution in [0.1, 0.15) is 12.0 Å². The normalized spacial score (nSPS) is 10.6. The zero-order chi connectivity index (χ0) is 19.2. The first-order chi connectivity index (χ1) is 13.0. The van der Waals surface area contributed by atoms with Crippen molar-refractivity contribution in [1.82, 2.24) is 10.2 Å². The molecule has 0 fully saturated rings. The van der Waals surface area contributed by atoms with Crippen LogP contribution in [0.15, 0.2) is 58.2 Å². The maximum atomic E-state index is 12.0. The molecule has 0 spiro atoms. The van der Waals surface area contributed by atoms with Crippen LogP contribution in [0.5, 0.6) is 0 Å². The minimum atomic E-state index is -0.532. The van der Waals surface area contributed by atoms with E-state index in [0.29, 0.717) is 16.9 Å². The highest BCUT2D eigenvalue weighted by Crippen LogP contribution is 2.25. The van der Waals surface area contributed by atoms with Crippen LogP contribution in [0.2, 0.25) is 0 Å². The van der Waals surface area contributed by atoms with Crippen molar-refractivity contribution in [2.45, 2.75) is 18.6 Å². The van der Waals surface area contributed by atoms with Crippen LogP contribution >= 0.6 is 11.8 Å². The van der Waals surface area contributed by atoms with E-state index in [1.165, 1.54) is 23.9 Å². The lowest BCUT2D eigenvalue weighted by atomic mass is 10.1. The lowest BCUT2D eigenvalue weighted by Gasteiger charge is -2.04. The summed E-state index contributed by atoms with van der Waals surface area (Å²) in [6.45, 7) is 1.99. The Kier molecular flexibility index (Phi) is 5.82. The Labute approximate surface area is 159 Å². The van der Waals surface area contributed by atoms with Crippen LogP contribution in [-0.4, -0.2) is 26.8 Å². The number of para-hydroxylation sites is 2. The second-order valence-electron chi connectivity index (χ2n) is 5.66. The second-order valence-corrected chi connectivity index (χ2v) is 6.71. The number of nitrogens with zero attached hydrogens (tertiary/aromatic N) is 3. The van der Waals surface area contributed by atoms with Crippen molar-refractivity contribution < 1.29 is 14.1 Å². The quantitative estimate of drug-likeness (QED) is 0.371. The number of hydrogen-bond acceptors (Lipinski definition) is 7. The molecule has 1 heterocycles. The van der Waals surface area contributed by atoms with Crippen molar-refractivity contribution in [2.75, 3.05) is 11.1 Å². The Morgan fingerprint density at radius 2 is 1.93 bits per heavy atom. The van der Waals surface area contributed by atoms with Crippen molar-refractivity contribution in [2.24, 2.45) is 0 Å². The fourth-order valence-electron chi connectivity index (χ4n) is 2.26. The van der Waals surface area contributed by atoms with E-state index >= 15 is 0 Å². The van der Waals surface area contributed by atoms with E-state index in [9.17, 15) is 14.9 Å². The summed E-state index contributed by atoms with van der Waals surface area (Å²) < 4.78 is 5.58. The molecule has 0 bridgehead atoms. The summed E-state index contributed by atoms with van der Waals surface area (Å²) in [6.07, 6.45) is 0.152. The largest absolute Gasteiger partial charge is 0.411 e. The number of thioether (sulfide) groups is 1. The molecule has 138 valence electrons. The molecule has 0 aliphatic rings. The summed E-state index contributed by atoms with van der Waals surface area (Å²) in [6, 6.07) is 13.7. The fourth-order valence-corrected chi connectivity index (χ4v) is 2.96. The van der Waals surface area contributed by atoms with E-state index in [2.05, 4.69) is 15.5 Å². The summed E-state index contributed by atoms with van der Waals surface area (Å²) in [4.78, 5) is 22.5. The van der Waals surface area contributed by atoms with Gasteiger partial charge in [0.25, 0.3) is 10.9 Å². The maximum Gasteiger partial charge on any atom is 0.292 e. The Balaban J connectivity index is 1.52. The van der Waals surface area contributed by atoms with Gasteiger partial charge >= 0.3 is 0 Å². The van der Waals surface area contributed by atoms with Gasteiger partial charge in [-0.05, 0) is 25.1 Å². The number of carbonyl (C=O) groups is 1. The van der Waals surface area contributed by atoms with Gasteiger partial charge in [-0.15, -0.1) is 10.2 Å². The molecule has 27 heavy (non-hydrogen) atoms. The number of hydrogen-bond donors (Lipinski definition) is 1. The summed E-state index contributed by atoms with van der Waals surface area (Å²) in [5.41, 5.74) is 2.00. The van der Waals surface area contributed by atoms with Gasteiger partial charge in [0.15, 0.2) is 0 Å². The molecule has 0 saturated carbocycles. The number of aromatic nitrogens is 2. The minimum absolute atomic E-state index is 0.141. The Bertz CT molecular complexity index is 956. The first-order valence-corrected chi connectivity index (χ1v) is 9.08. The number of anilines is 1. The van der Waals surface area contributed by atoms with Crippen LogP contribution in [0.25, 0.3) is 11.5 Å². The highest BCUT2D eigenvalue weighted by atomic mass is 32.2. The zero-order valence-electron chi connectivity index (χ0n) is 14.4. The molecule has 0 aliphatic carbocycles. The van der Waals surface area contributed by atoms with Gasteiger partial charge in [0, 0.05) is 23.8 Å². The number of rotatable bonds is 7. The van der Waals surface area contributed by atoms with Gasteiger partial charge in [0.2, 0.25) is 11.8 Å². The van der Waals surface area contributed by atoms with Crippen LogP contribution in [0, 0.1) is 17.0 Å². The van der Waals surface area contributed by atoms with Gasteiger partial charge in [0.1, 0.15) is 5.69 Å². The van der Waals surface area contributed by atoms with Crippen molar-refractivity contribution in [3.05, 3.63) is 64.2 Å². The number of nitro benzene ring substituents is 1. The number of amides is 1. The number of carbonyl (C=O) groups excluding carboxylic acids is 1. The second kappa shape index (κ2) is 8.45. The number of aryl methyl sites for hydroxylation is 1. The molecule has 9 heteroatoms. The zero-order valence-corrected chi connectivity index (χ0v) is 15.2. The molecule has 3 aromatic rings. The standard InChI is InChI=1S/C18H16N4O4S/c1-12-6-8-13(9-7-12)17-20-21-18(26-17)27-11-10-16(23)19-14-4-2-3-5-15(14)22(24)25/h2-9H,10-11H2,1H3,(H,19,23). The van der Waals surface area contributed by atoms with E-state index in [4.69, 9.17) is 4.42 Å². The van der Waals surface area contributed by atoms with Crippen LogP contribution < -0.4 is 5.32 Å². The molecule has 1 amide bonds. The third-order valence-electron chi connectivity index (χ3n) is 3.63. The molecule has 0 unspecified atom stereocenters. The first-order valence-electron chi connectivity index (χ1n) is 8.09. The lowest BCUT2D eigenvalue weighted by Crippen LogP contribution is -2.13. The van der Waals surface area contributed by atoms with E-state index in [1.54, 1.807) is 12.1 Å². The van der Waals surface area contributed by atoms with E-state index in [-0.39, 0.29) is 23.7 Å². The van der Waals surface area contributed by atoms with Crippen LogP contribution in [0.3, 0.4) is 0 Å². The fraction of sp³-hybridized carbons (Fsp3) is 0.167. The number of benzene rings is 2. The number of nitrogens with one attached hydrogen (secondary N) is 1. The molecule has 8 nitrogen and oxygen atoms in total. The third kappa shape index (κ3) is 4.91. The highest BCUT2D eigenvalue weighted by Gasteiger charge is 2.15. The predicted octanol–water partition coefficient (Wildman–Crippen LogP) is 4.07. The Morgan fingerprint density at radius 3 is 2.67 bits per heavy atom.